The molecule has 25 heavy (non-hydrogen) atoms. The standard InChI is InChI=1S/C16H30BN3O5/c1-24-12-16(23)25-11-13-9-20(8-7-19(13)10-14(17)21)15(22)5-3-2-4-6-18/h13H,2-12,17-18H2,1H3. The van der Waals surface area contributed by atoms with Crippen molar-refractivity contribution in [3.63, 3.8) is 0 Å². The Morgan fingerprint density at radius 1 is 1.20 bits per heavy atom. The van der Waals surface area contributed by atoms with E-state index in [1.165, 1.54) is 15.0 Å². The van der Waals surface area contributed by atoms with Gasteiger partial charge in [-0.2, -0.15) is 0 Å². The Bertz CT molecular complexity index is 449. The number of piperazine rings is 1. The van der Waals surface area contributed by atoms with Crippen LogP contribution in [-0.2, 0) is 23.9 Å². The Balaban J connectivity index is 2.55. The van der Waals surface area contributed by atoms with Crippen molar-refractivity contribution in [1.29, 1.82) is 0 Å². The second-order valence-corrected chi connectivity index (χ2v) is 6.38. The van der Waals surface area contributed by atoms with Crippen LogP contribution in [-0.4, -0.2) is 94.3 Å². The number of esters is 1. The van der Waals surface area contributed by atoms with E-state index in [4.69, 9.17) is 15.2 Å². The Morgan fingerprint density at radius 2 is 1.96 bits per heavy atom. The fourth-order valence-electron chi connectivity index (χ4n) is 2.88. The van der Waals surface area contributed by atoms with E-state index in [1.807, 2.05) is 4.90 Å². The molecule has 0 aromatic carbocycles. The molecule has 0 aromatic heterocycles. The van der Waals surface area contributed by atoms with Gasteiger partial charge in [0.2, 0.25) is 5.91 Å². The Hall–Kier alpha value is -1.45. The summed E-state index contributed by atoms with van der Waals surface area (Å²) in [7, 11) is 2.96. The molecular weight excluding hydrogens is 325 g/mol. The zero-order valence-electron chi connectivity index (χ0n) is 15.4. The number of methoxy groups -OCH3 is 1. The minimum absolute atomic E-state index is 0.0507. The highest BCUT2D eigenvalue weighted by molar-refractivity contribution is 6.58. The number of rotatable bonds is 11. The molecule has 1 aliphatic heterocycles. The van der Waals surface area contributed by atoms with E-state index in [2.05, 4.69) is 0 Å². The van der Waals surface area contributed by atoms with Gasteiger partial charge >= 0.3 is 5.97 Å². The van der Waals surface area contributed by atoms with Crippen molar-refractivity contribution in [3.8, 4) is 0 Å². The predicted octanol–water partition coefficient (Wildman–Crippen LogP) is -1.63. The third-order valence-electron chi connectivity index (χ3n) is 4.18. The summed E-state index contributed by atoms with van der Waals surface area (Å²) in [4.78, 5) is 39.1. The maximum absolute atomic E-state index is 12.4. The molecule has 0 aliphatic carbocycles. The van der Waals surface area contributed by atoms with Crippen molar-refractivity contribution in [2.75, 3.05) is 53.0 Å². The topological polar surface area (TPSA) is 102 Å². The smallest absolute Gasteiger partial charge is 0.332 e. The largest absolute Gasteiger partial charge is 0.462 e. The van der Waals surface area contributed by atoms with Crippen molar-refractivity contribution in [2.24, 2.45) is 5.73 Å². The summed E-state index contributed by atoms with van der Waals surface area (Å²) in [5.41, 5.74) is 5.51. The second-order valence-electron chi connectivity index (χ2n) is 6.38. The Labute approximate surface area is 150 Å². The van der Waals surface area contributed by atoms with Crippen molar-refractivity contribution in [2.45, 2.75) is 31.7 Å². The zero-order chi connectivity index (χ0) is 18.7. The third kappa shape index (κ3) is 8.46. The molecule has 0 aromatic rings. The van der Waals surface area contributed by atoms with Crippen LogP contribution in [0, 0.1) is 0 Å². The maximum Gasteiger partial charge on any atom is 0.332 e. The molecule has 1 saturated heterocycles. The fourth-order valence-corrected chi connectivity index (χ4v) is 2.88. The van der Waals surface area contributed by atoms with Crippen LogP contribution in [0.2, 0.25) is 0 Å². The van der Waals surface area contributed by atoms with E-state index >= 15 is 0 Å². The van der Waals surface area contributed by atoms with Crippen LogP contribution in [0.4, 0.5) is 0 Å². The van der Waals surface area contributed by atoms with Crippen LogP contribution >= 0.6 is 0 Å². The number of amides is 1. The van der Waals surface area contributed by atoms with E-state index in [1.54, 1.807) is 4.90 Å². The van der Waals surface area contributed by atoms with E-state index in [-0.39, 0.29) is 30.8 Å². The van der Waals surface area contributed by atoms with Gasteiger partial charge in [0.15, 0.2) is 7.85 Å². The van der Waals surface area contributed by atoms with Gasteiger partial charge in [-0.25, -0.2) is 4.79 Å². The third-order valence-corrected chi connectivity index (χ3v) is 4.18. The van der Waals surface area contributed by atoms with Crippen molar-refractivity contribution < 1.29 is 23.9 Å². The molecule has 1 aliphatic rings. The molecule has 142 valence electrons. The number of ether oxygens (including phenoxy) is 2. The van der Waals surface area contributed by atoms with Gasteiger partial charge in [0.1, 0.15) is 13.2 Å². The normalized spacial score (nSPS) is 18.2. The average Bonchev–Trinajstić information content (AvgIpc) is 2.57. The number of hydrogen-bond acceptors (Lipinski definition) is 7. The van der Waals surface area contributed by atoms with Crippen LogP contribution in [0.25, 0.3) is 0 Å². The number of nitrogens with two attached hydrogens (primary N) is 1. The molecule has 1 heterocycles. The predicted molar refractivity (Wildman–Crippen MR) is 95.8 cm³/mol. The van der Waals surface area contributed by atoms with Crippen molar-refractivity contribution in [3.05, 3.63) is 0 Å². The fraction of sp³-hybridized carbons (Fsp3) is 0.812. The number of hydrogen-bond donors (Lipinski definition) is 1. The molecule has 1 atom stereocenters. The summed E-state index contributed by atoms with van der Waals surface area (Å²) in [6.07, 6.45) is 3.21. The van der Waals surface area contributed by atoms with Crippen LogP contribution in [0.3, 0.4) is 0 Å². The van der Waals surface area contributed by atoms with Crippen LogP contribution < -0.4 is 5.73 Å². The first kappa shape index (κ1) is 21.6. The molecular formula is C16H30BN3O5. The SMILES string of the molecule is BC(=O)CN1CCN(C(=O)CCCCCN)CC1COC(=O)COC. The lowest BCUT2D eigenvalue weighted by atomic mass is 10.0. The lowest BCUT2D eigenvalue weighted by Crippen LogP contribution is -2.57. The molecule has 9 heteroatoms. The zero-order valence-corrected chi connectivity index (χ0v) is 15.4. The summed E-state index contributed by atoms with van der Waals surface area (Å²) in [6.45, 7) is 2.63. The molecule has 0 bridgehead atoms. The lowest BCUT2D eigenvalue weighted by molar-refractivity contribution is -0.151. The monoisotopic (exact) mass is 355 g/mol. The minimum Gasteiger partial charge on any atom is -0.462 e. The molecule has 1 fully saturated rings. The first-order chi connectivity index (χ1) is 12.0. The first-order valence-corrected chi connectivity index (χ1v) is 8.83. The van der Waals surface area contributed by atoms with Crippen molar-refractivity contribution >= 4 is 25.4 Å². The molecule has 0 saturated carbocycles. The molecule has 8 nitrogen and oxygen atoms in total. The van der Waals surface area contributed by atoms with Gasteiger partial charge in [-0.1, -0.05) is 6.42 Å². The first-order valence-electron chi connectivity index (χ1n) is 8.83. The van der Waals surface area contributed by atoms with Gasteiger partial charge in [0.25, 0.3) is 0 Å². The molecule has 1 amide bonds. The number of carbonyl (C=O) groups excluding carboxylic acids is 3. The highest BCUT2D eigenvalue weighted by Crippen LogP contribution is 2.13. The quantitative estimate of drug-likeness (QED) is 0.270. The summed E-state index contributed by atoms with van der Waals surface area (Å²) in [6, 6.07) is -0.175. The summed E-state index contributed by atoms with van der Waals surface area (Å²) in [5, 5.41) is 0. The number of carbonyl (C=O) groups is 3. The molecule has 1 unspecified atom stereocenters. The molecule has 0 spiro atoms. The molecule has 1 rings (SSSR count). The molecule has 0 radical (unpaired) electrons. The highest BCUT2D eigenvalue weighted by Gasteiger charge is 2.30. The number of unbranched alkanes of at least 4 members (excludes halogenated alkanes) is 2. The summed E-state index contributed by atoms with van der Waals surface area (Å²) >= 11 is 0. The minimum atomic E-state index is -0.449. The Morgan fingerprint density at radius 3 is 2.60 bits per heavy atom. The second kappa shape index (κ2) is 12.0. The van der Waals surface area contributed by atoms with Gasteiger partial charge in [-0.3, -0.25) is 9.69 Å². The lowest BCUT2D eigenvalue weighted by Gasteiger charge is -2.40. The van der Waals surface area contributed by atoms with E-state index in [0.29, 0.717) is 39.1 Å². The summed E-state index contributed by atoms with van der Waals surface area (Å²) in [5.74, 6) is -0.344. The number of nitrogens with zero attached hydrogens (tertiary/aromatic N) is 2. The average molecular weight is 355 g/mol. The molecule has 2 N–H and O–H groups in total. The highest BCUT2D eigenvalue weighted by atomic mass is 16.6. The van der Waals surface area contributed by atoms with Crippen molar-refractivity contribution in [1.82, 2.24) is 9.80 Å². The van der Waals surface area contributed by atoms with Gasteiger partial charge in [-0.05, 0) is 19.4 Å². The van der Waals surface area contributed by atoms with Gasteiger partial charge in [0.05, 0.1) is 11.7 Å². The van der Waals surface area contributed by atoms with Gasteiger partial charge < -0.3 is 24.9 Å². The van der Waals surface area contributed by atoms with E-state index in [0.717, 1.165) is 19.3 Å². The Kier molecular flexibility index (Phi) is 10.4. The van der Waals surface area contributed by atoms with Gasteiger partial charge in [-0.15, -0.1) is 0 Å². The van der Waals surface area contributed by atoms with Crippen LogP contribution in [0.1, 0.15) is 25.7 Å². The maximum atomic E-state index is 12.4. The van der Waals surface area contributed by atoms with Gasteiger partial charge in [0, 0.05) is 39.7 Å². The summed E-state index contributed by atoms with van der Waals surface area (Å²) < 4.78 is 9.95. The van der Waals surface area contributed by atoms with E-state index in [9.17, 15) is 14.4 Å². The van der Waals surface area contributed by atoms with E-state index < -0.39 is 5.97 Å². The van der Waals surface area contributed by atoms with Crippen LogP contribution in [0.15, 0.2) is 0 Å². The van der Waals surface area contributed by atoms with Crippen LogP contribution in [0.5, 0.6) is 0 Å².